The minimum atomic E-state index is -1.23. The molecule has 1 fully saturated rings. The van der Waals surface area contributed by atoms with Gasteiger partial charge in [0.05, 0.1) is 0 Å². The van der Waals surface area contributed by atoms with Crippen molar-refractivity contribution in [1.29, 1.82) is 0 Å². The molecule has 0 spiro atoms. The second-order valence-electron chi connectivity index (χ2n) is 4.98. The van der Waals surface area contributed by atoms with Crippen molar-refractivity contribution in [3.8, 4) is 0 Å². The van der Waals surface area contributed by atoms with Gasteiger partial charge in [-0.2, -0.15) is 0 Å². The van der Waals surface area contributed by atoms with Gasteiger partial charge in [0.1, 0.15) is 0 Å². The molecule has 7 heteroatoms. The molecule has 1 aliphatic heterocycles. The van der Waals surface area contributed by atoms with Crippen LogP contribution in [0.15, 0.2) is 12.5 Å². The molecule has 1 aromatic rings. The zero-order valence-corrected chi connectivity index (χ0v) is 15.7. The van der Waals surface area contributed by atoms with Gasteiger partial charge in [-0.1, -0.05) is 0 Å². The predicted octanol–water partition coefficient (Wildman–Crippen LogP) is 0.264. The number of carbonyl (C=O) groups excluding carboxylic acids is 1. The van der Waals surface area contributed by atoms with Crippen molar-refractivity contribution in [3.63, 3.8) is 0 Å². The van der Waals surface area contributed by atoms with E-state index in [0.717, 1.165) is 12.1 Å². The number of carbonyl (C=O) groups is 2. The molecule has 0 aromatic carbocycles. The summed E-state index contributed by atoms with van der Waals surface area (Å²) in [4.78, 5) is 29.1. The average Bonchev–Trinajstić information content (AvgIpc) is 2.94. The van der Waals surface area contributed by atoms with Crippen LogP contribution in [0.1, 0.15) is 19.0 Å². The van der Waals surface area contributed by atoms with Crippen LogP contribution in [0.25, 0.3) is 0 Å². The molecule has 2 rings (SSSR count). The Morgan fingerprint density at radius 1 is 1.63 bits per heavy atom. The van der Waals surface area contributed by atoms with Gasteiger partial charge in [-0.3, -0.25) is 0 Å². The molecule has 0 bridgehead atoms. The number of amides is 1. The van der Waals surface area contributed by atoms with Gasteiger partial charge in [-0.25, -0.2) is 0 Å². The van der Waals surface area contributed by atoms with Gasteiger partial charge in [0.15, 0.2) is 0 Å². The van der Waals surface area contributed by atoms with Crippen LogP contribution < -0.4 is 0 Å². The molecule has 1 saturated heterocycles. The molecule has 101 valence electrons. The van der Waals surface area contributed by atoms with E-state index in [9.17, 15) is 9.59 Å². The zero-order chi connectivity index (χ0) is 14.0. The van der Waals surface area contributed by atoms with E-state index in [1.165, 1.54) is 6.92 Å². The van der Waals surface area contributed by atoms with Crippen LogP contribution in [0.5, 0.6) is 0 Å². The number of aromatic nitrogens is 2. The van der Waals surface area contributed by atoms with Gasteiger partial charge in [-0.05, 0) is 0 Å². The maximum absolute atomic E-state index is 12.1. The number of carboxylic acid groups (broad SMARTS) is 1. The molecule has 6 nitrogen and oxygen atoms in total. The Morgan fingerprint density at radius 2 is 2.37 bits per heavy atom. The Balaban J connectivity index is 1.99. The molecule has 2 heterocycles. The third kappa shape index (κ3) is 2.68. The first-order chi connectivity index (χ1) is 8.99. The summed E-state index contributed by atoms with van der Waals surface area (Å²) in [5.74, 6) is -1.28. The van der Waals surface area contributed by atoms with Crippen molar-refractivity contribution in [2.45, 2.75) is 24.2 Å². The second kappa shape index (κ2) is 5.60. The number of aliphatic carboxylic acids is 1. The van der Waals surface area contributed by atoms with Crippen molar-refractivity contribution in [2.75, 3.05) is 13.1 Å². The monoisotopic (exact) mass is 456 g/mol. The molecule has 1 aliphatic rings. The van der Waals surface area contributed by atoms with Gasteiger partial charge in [0, 0.05) is 0 Å². The zero-order valence-electron chi connectivity index (χ0n) is 11.2. The summed E-state index contributed by atoms with van der Waals surface area (Å²) >= 11 is -0.915. The Bertz CT molecular complexity index is 502. The van der Waals surface area contributed by atoms with E-state index >= 15 is 0 Å². The van der Waals surface area contributed by atoms with Gasteiger partial charge in [0.2, 0.25) is 0 Å². The third-order valence-corrected chi connectivity index (χ3v) is 7.75. The molecule has 0 aliphatic carbocycles. The normalized spacial score (nSPS) is 22.6. The van der Waals surface area contributed by atoms with E-state index in [4.69, 9.17) is 5.11 Å². The van der Waals surface area contributed by atoms with Crippen LogP contribution in [0.3, 0.4) is 0 Å². The fourth-order valence-corrected chi connectivity index (χ4v) is 5.20. The average molecular weight is 456 g/mol. The Hall–Kier alpha value is -0.928. The van der Waals surface area contributed by atoms with Crippen molar-refractivity contribution in [1.82, 2.24) is 12.3 Å². The first kappa shape index (κ1) is 14.5. The summed E-state index contributed by atoms with van der Waals surface area (Å²) in [7, 11) is 0. The summed E-state index contributed by atoms with van der Waals surface area (Å²) in [6, 6.07) is 0. The number of likely N-dealkylation sites (tertiary alicyclic amines) is 1. The second-order valence-corrected chi connectivity index (χ2v) is 9.15. The molecule has 1 amide bonds. The third-order valence-electron chi connectivity index (χ3n) is 3.78. The van der Waals surface area contributed by atoms with Crippen LogP contribution in [0, 0.1) is 5.41 Å². The maximum atomic E-state index is 12.1. The van der Waals surface area contributed by atoms with Gasteiger partial charge in [0.25, 0.3) is 0 Å². The molecule has 0 unspecified atom stereocenters. The number of hydrogen-bond donors (Lipinski definition) is 1. The summed E-state index contributed by atoms with van der Waals surface area (Å²) in [5, 5.41) is 9.14. The summed E-state index contributed by atoms with van der Waals surface area (Å²) in [6.07, 6.45) is 4.86. The first-order valence-electron chi connectivity index (χ1n) is 6.32. The van der Waals surface area contributed by atoms with E-state index in [-0.39, 0.29) is 5.91 Å². The molecule has 19 heavy (non-hydrogen) atoms. The number of rotatable bonds is 5. The van der Waals surface area contributed by atoms with Gasteiger partial charge < -0.3 is 0 Å². The minimum absolute atomic E-state index is 0.258. The molecular formula is C12H17N3O3Tl. The number of carboxylic acids is 1. The van der Waals surface area contributed by atoms with Crippen molar-refractivity contribution in [3.05, 3.63) is 18.2 Å². The van der Waals surface area contributed by atoms with E-state index in [1.807, 2.05) is 12.5 Å². The quantitative estimate of drug-likeness (QED) is 0.511. The molecule has 1 aromatic heterocycles. The van der Waals surface area contributed by atoms with Crippen LogP contribution in [0.4, 0.5) is 0 Å². The van der Waals surface area contributed by atoms with E-state index in [2.05, 4.69) is 11.8 Å². The standard InChI is InChI=1S/C11H15N3O3.CH3.Tl/c1-11(10(16)17)3-5-14(9(11)15)4-2-8-6-12-7-13-8;;/h6-7H,2-5H2,1H3,(H2,12,13,16,17);1H3;/q;;+1/p-1/t11-;;/m1../s1. The summed E-state index contributed by atoms with van der Waals surface area (Å²) in [5.41, 5.74) is -0.0707. The van der Waals surface area contributed by atoms with Crippen molar-refractivity contribution >= 4 is 36.4 Å². The molecular weight excluding hydrogens is 439 g/mol. The Morgan fingerprint density at radius 3 is 2.95 bits per heavy atom. The summed E-state index contributed by atoms with van der Waals surface area (Å²) < 4.78 is 4.48. The number of hydrogen-bond acceptors (Lipinski definition) is 3. The van der Waals surface area contributed by atoms with E-state index in [1.54, 1.807) is 4.90 Å². The van der Waals surface area contributed by atoms with Crippen LogP contribution in [-0.2, 0) is 16.0 Å². The van der Waals surface area contributed by atoms with Crippen LogP contribution >= 0.6 is 0 Å². The Kier molecular flexibility index (Phi) is 4.26. The van der Waals surface area contributed by atoms with E-state index in [0.29, 0.717) is 19.5 Å². The fraction of sp³-hybridized carbons (Fsp3) is 0.583. The number of imidazole rings is 1. The molecule has 1 atom stereocenters. The predicted molar refractivity (Wildman–Crippen MR) is 69.9 cm³/mol. The van der Waals surface area contributed by atoms with Gasteiger partial charge >= 0.3 is 124 Å². The molecule has 1 N–H and O–H groups in total. The SMILES string of the molecule is [CH3][Tl][n]1cncc1CCN1CC[C@@](C)(C(=O)O)C1=O. The fourth-order valence-electron chi connectivity index (χ4n) is 2.34. The Labute approximate surface area is 124 Å². The van der Waals surface area contributed by atoms with Crippen molar-refractivity contribution in [2.24, 2.45) is 5.41 Å². The topological polar surface area (TPSA) is 75.4 Å². The molecule has 0 radical (unpaired) electrons. The van der Waals surface area contributed by atoms with Crippen LogP contribution in [-0.4, -0.2) is 66.9 Å². The summed E-state index contributed by atoms with van der Waals surface area (Å²) in [6.45, 7) is 2.63. The van der Waals surface area contributed by atoms with Gasteiger partial charge in [-0.15, -0.1) is 0 Å². The van der Waals surface area contributed by atoms with E-state index < -0.39 is 35.9 Å². The van der Waals surface area contributed by atoms with Crippen molar-refractivity contribution < 1.29 is 14.7 Å². The van der Waals surface area contributed by atoms with Crippen LogP contribution in [0.2, 0.25) is 4.48 Å². The molecule has 0 saturated carbocycles. The number of nitrogens with zero attached hydrogens (tertiary/aromatic N) is 3. The first-order valence-corrected chi connectivity index (χ1v) is 12.8.